The van der Waals surface area contributed by atoms with E-state index in [-0.39, 0.29) is 28.8 Å². The summed E-state index contributed by atoms with van der Waals surface area (Å²) < 4.78 is 0. The van der Waals surface area contributed by atoms with E-state index < -0.39 is 0 Å². The van der Waals surface area contributed by atoms with Gasteiger partial charge in [-0.25, -0.2) is 4.79 Å². The molecule has 5 rings (SSSR count). The fourth-order valence-electron chi connectivity index (χ4n) is 8.60. The molecule has 1 unspecified atom stereocenters. The van der Waals surface area contributed by atoms with Gasteiger partial charge in [0.2, 0.25) is 5.91 Å². The molecule has 0 aromatic heterocycles. The summed E-state index contributed by atoms with van der Waals surface area (Å²) in [6.45, 7) is 7.12. The van der Waals surface area contributed by atoms with Crippen molar-refractivity contribution in [2.75, 3.05) is 5.32 Å². The van der Waals surface area contributed by atoms with E-state index in [1.165, 1.54) is 32.1 Å². The lowest BCUT2D eigenvalue weighted by Crippen LogP contribution is -2.61. The molecule has 4 fully saturated rings. The summed E-state index contributed by atoms with van der Waals surface area (Å²) in [5.41, 5.74) is 1.23. The monoisotopic (exact) mass is 471 g/mol. The number of halogens is 1. The second-order valence-corrected chi connectivity index (χ2v) is 12.1. The highest BCUT2D eigenvalue weighted by atomic mass is 35.5. The minimum absolute atomic E-state index is 0.122. The van der Waals surface area contributed by atoms with Crippen LogP contribution < -0.4 is 16.0 Å². The molecule has 0 spiro atoms. The molecule has 180 valence electrons. The summed E-state index contributed by atoms with van der Waals surface area (Å²) in [6.07, 6.45) is 8.99. The zero-order chi connectivity index (χ0) is 23.4. The minimum atomic E-state index is -0.156. The third kappa shape index (κ3) is 3.94. The first-order valence-corrected chi connectivity index (χ1v) is 13.2. The Morgan fingerprint density at radius 3 is 2.67 bits per heavy atom. The smallest absolute Gasteiger partial charge is 0.319 e. The number of hydrogen-bond donors (Lipinski definition) is 3. The molecule has 3 amide bonds. The van der Waals surface area contributed by atoms with Gasteiger partial charge in [-0.05, 0) is 105 Å². The van der Waals surface area contributed by atoms with Crippen molar-refractivity contribution in [3.05, 3.63) is 29.3 Å². The number of anilines is 1. The summed E-state index contributed by atoms with van der Waals surface area (Å²) >= 11 is 6.06. The van der Waals surface area contributed by atoms with Crippen LogP contribution in [0.3, 0.4) is 0 Å². The van der Waals surface area contributed by atoms with Gasteiger partial charge >= 0.3 is 6.03 Å². The van der Waals surface area contributed by atoms with E-state index >= 15 is 0 Å². The van der Waals surface area contributed by atoms with Crippen molar-refractivity contribution >= 4 is 29.2 Å². The van der Waals surface area contributed by atoms with Crippen LogP contribution in [-0.4, -0.2) is 24.0 Å². The van der Waals surface area contributed by atoms with Gasteiger partial charge in [-0.15, -0.1) is 0 Å². The van der Waals surface area contributed by atoms with Crippen molar-refractivity contribution in [3.8, 4) is 0 Å². The highest BCUT2D eigenvalue weighted by Gasteiger charge is 2.60. The number of benzene rings is 1. The van der Waals surface area contributed by atoms with Gasteiger partial charge in [0.25, 0.3) is 0 Å². The van der Waals surface area contributed by atoms with E-state index in [0.717, 1.165) is 24.7 Å². The molecule has 1 aliphatic heterocycles. The van der Waals surface area contributed by atoms with Crippen molar-refractivity contribution in [2.24, 2.45) is 34.5 Å². The third-order valence-corrected chi connectivity index (χ3v) is 10.4. The van der Waals surface area contributed by atoms with Gasteiger partial charge in [0.05, 0.1) is 0 Å². The average molecular weight is 472 g/mol. The van der Waals surface area contributed by atoms with Gasteiger partial charge < -0.3 is 16.0 Å². The fourth-order valence-corrected chi connectivity index (χ4v) is 8.80. The molecule has 0 radical (unpaired) electrons. The Morgan fingerprint density at radius 1 is 1.09 bits per heavy atom. The summed E-state index contributed by atoms with van der Waals surface area (Å²) in [6, 6.07) is 7.60. The summed E-state index contributed by atoms with van der Waals surface area (Å²) in [4.78, 5) is 24.7. The molecule has 1 aromatic carbocycles. The molecule has 4 aliphatic rings. The number of rotatable bonds is 3. The van der Waals surface area contributed by atoms with Crippen LogP contribution in [0.1, 0.15) is 72.1 Å². The Balaban J connectivity index is 1.27. The Morgan fingerprint density at radius 2 is 1.88 bits per heavy atom. The van der Waals surface area contributed by atoms with Crippen molar-refractivity contribution in [1.82, 2.24) is 10.6 Å². The lowest BCUT2D eigenvalue weighted by molar-refractivity contribution is -0.137. The molecule has 6 heteroatoms. The minimum Gasteiger partial charge on any atom is -0.353 e. The molecule has 33 heavy (non-hydrogen) atoms. The lowest BCUT2D eigenvalue weighted by Gasteiger charge is -2.60. The molecule has 8 atom stereocenters. The zero-order valence-electron chi connectivity index (χ0n) is 20.1. The molecule has 5 nitrogen and oxygen atoms in total. The summed E-state index contributed by atoms with van der Waals surface area (Å²) in [7, 11) is 0. The van der Waals surface area contributed by atoms with Crippen LogP contribution in [0, 0.1) is 34.5 Å². The molecule has 1 heterocycles. The SMILES string of the molecule is CC(NC(=O)Nc1cccc(Cl)c1)[C@H]1CC[C@H]2[C@@H]3CC[C@H]4NC(=O)CC[C@]4(C)[C@H]3CC[C@]12C. The van der Waals surface area contributed by atoms with E-state index in [9.17, 15) is 9.59 Å². The molecular weight excluding hydrogens is 434 g/mol. The average Bonchev–Trinajstić information content (AvgIpc) is 3.11. The molecular formula is C27H38ClN3O2. The lowest BCUT2D eigenvalue weighted by atomic mass is 9.47. The topological polar surface area (TPSA) is 70.2 Å². The van der Waals surface area contributed by atoms with E-state index in [4.69, 9.17) is 11.6 Å². The molecule has 1 saturated heterocycles. The van der Waals surface area contributed by atoms with Gasteiger partial charge in [-0.1, -0.05) is 31.5 Å². The van der Waals surface area contributed by atoms with E-state index in [2.05, 4.69) is 36.7 Å². The highest BCUT2D eigenvalue weighted by molar-refractivity contribution is 6.30. The normalized spacial score (nSPS) is 40.6. The maximum Gasteiger partial charge on any atom is 0.319 e. The van der Waals surface area contributed by atoms with Crippen LogP contribution in [0.4, 0.5) is 10.5 Å². The van der Waals surface area contributed by atoms with Crippen LogP contribution in [-0.2, 0) is 4.79 Å². The first kappa shape index (κ1) is 23.0. The number of piperidine rings is 1. The summed E-state index contributed by atoms with van der Waals surface area (Å²) in [5, 5.41) is 10.1. The first-order chi connectivity index (χ1) is 15.7. The predicted molar refractivity (Wildman–Crippen MR) is 132 cm³/mol. The second kappa shape index (κ2) is 8.48. The molecule has 3 saturated carbocycles. The molecule has 3 N–H and O–H groups in total. The van der Waals surface area contributed by atoms with Crippen molar-refractivity contribution in [2.45, 2.75) is 84.2 Å². The molecule has 0 bridgehead atoms. The number of amides is 3. The van der Waals surface area contributed by atoms with E-state index in [1.54, 1.807) is 12.1 Å². The number of hydrogen-bond acceptors (Lipinski definition) is 2. The molecule has 3 aliphatic carbocycles. The third-order valence-electron chi connectivity index (χ3n) is 10.2. The Hall–Kier alpha value is -1.75. The van der Waals surface area contributed by atoms with Gasteiger partial charge in [-0.2, -0.15) is 0 Å². The number of fused-ring (bicyclic) bond motifs is 5. The maximum absolute atomic E-state index is 12.7. The maximum atomic E-state index is 12.7. The quantitative estimate of drug-likeness (QED) is 0.506. The highest BCUT2D eigenvalue weighted by Crippen LogP contribution is 2.65. The van der Waals surface area contributed by atoms with Crippen LogP contribution in [0.2, 0.25) is 5.02 Å². The first-order valence-electron chi connectivity index (χ1n) is 12.8. The predicted octanol–water partition coefficient (Wildman–Crippen LogP) is 5.99. The van der Waals surface area contributed by atoms with Gasteiger partial charge in [0, 0.05) is 29.2 Å². The van der Waals surface area contributed by atoms with Crippen LogP contribution in [0.25, 0.3) is 0 Å². The van der Waals surface area contributed by atoms with E-state index in [1.807, 2.05) is 12.1 Å². The Labute approximate surface area is 202 Å². The number of carbonyl (C=O) groups is 2. The number of carbonyl (C=O) groups excluding carboxylic acids is 2. The van der Waals surface area contributed by atoms with Crippen molar-refractivity contribution in [1.29, 1.82) is 0 Å². The van der Waals surface area contributed by atoms with Crippen LogP contribution in [0.5, 0.6) is 0 Å². The van der Waals surface area contributed by atoms with Gasteiger partial charge in [-0.3, -0.25) is 4.79 Å². The Bertz CT molecular complexity index is 938. The van der Waals surface area contributed by atoms with Crippen LogP contribution >= 0.6 is 11.6 Å². The van der Waals surface area contributed by atoms with Crippen molar-refractivity contribution < 1.29 is 9.59 Å². The van der Waals surface area contributed by atoms with Gasteiger partial charge in [0.15, 0.2) is 0 Å². The Kier molecular flexibility index (Phi) is 5.91. The second-order valence-electron chi connectivity index (χ2n) is 11.7. The zero-order valence-corrected chi connectivity index (χ0v) is 20.9. The number of nitrogens with one attached hydrogen (secondary N) is 3. The summed E-state index contributed by atoms with van der Waals surface area (Å²) in [5.74, 6) is 2.91. The largest absolute Gasteiger partial charge is 0.353 e. The fraction of sp³-hybridized carbons (Fsp3) is 0.704. The standard InChI is InChI=1S/C27H38ClN3O2/c1-16(29-25(33)30-18-6-4-5-17(28)15-18)20-8-9-21-19-7-10-23-27(3,14-12-24(32)31-23)22(19)11-13-26(20,21)2/h4-6,15-16,19-23H,7-14H2,1-3H3,(H,31,32)(H2,29,30,33)/t16?,19-,20+,21-,22-,23+,26+,27+/m0/s1. The van der Waals surface area contributed by atoms with Gasteiger partial charge in [0.1, 0.15) is 0 Å². The van der Waals surface area contributed by atoms with E-state index in [0.29, 0.717) is 35.0 Å². The van der Waals surface area contributed by atoms with Crippen LogP contribution in [0.15, 0.2) is 24.3 Å². The number of urea groups is 1. The van der Waals surface area contributed by atoms with Crippen molar-refractivity contribution in [3.63, 3.8) is 0 Å². The molecule has 1 aromatic rings.